The van der Waals surface area contributed by atoms with E-state index in [-0.39, 0.29) is 12.0 Å². The number of benzene rings is 1. The van der Waals surface area contributed by atoms with Crippen LogP contribution in [0.5, 0.6) is 0 Å². The Bertz CT molecular complexity index is 1410. The minimum Gasteiger partial charge on any atom is -0.393 e. The molecule has 1 amide bonds. The minimum absolute atomic E-state index is 0.232. The molecule has 0 unspecified atom stereocenters. The third kappa shape index (κ3) is 5.38. The van der Waals surface area contributed by atoms with Crippen LogP contribution in [0, 0.1) is 0 Å². The van der Waals surface area contributed by atoms with Crippen molar-refractivity contribution in [2.75, 3.05) is 49.6 Å². The fourth-order valence-electron chi connectivity index (χ4n) is 5.05. The maximum Gasteiger partial charge on any atom is 0.276 e. The highest BCUT2D eigenvalue weighted by molar-refractivity contribution is 6.11. The standard InChI is InChI=1S/C28H31N7O3/c36-23-5-7-35(8-6-23)26-4-2-22(17-30-26)31-28(37)27-24-14-20(1-3-25(24)32-33-27)21-13-19(15-29-16-21)18-34-9-11-38-12-10-34/h1-4,13-17,23,36H,5-12,18H2,(H,31,37)(H,32,33). The molecule has 2 aliphatic heterocycles. The molecule has 38 heavy (non-hydrogen) atoms. The molecule has 0 aliphatic carbocycles. The van der Waals surface area contributed by atoms with E-state index in [1.165, 1.54) is 0 Å². The Morgan fingerprint density at radius 1 is 1.03 bits per heavy atom. The number of aromatic amines is 1. The number of piperidine rings is 1. The van der Waals surface area contributed by atoms with Crippen LogP contribution in [0.2, 0.25) is 0 Å². The third-order valence-electron chi connectivity index (χ3n) is 7.21. The smallest absolute Gasteiger partial charge is 0.276 e. The number of rotatable bonds is 6. The first-order valence-corrected chi connectivity index (χ1v) is 13.1. The van der Waals surface area contributed by atoms with Gasteiger partial charge in [0.15, 0.2) is 5.69 Å². The van der Waals surface area contributed by atoms with Crippen molar-refractivity contribution in [1.29, 1.82) is 0 Å². The van der Waals surface area contributed by atoms with Crippen molar-refractivity contribution in [3.05, 3.63) is 66.2 Å². The zero-order valence-corrected chi connectivity index (χ0v) is 21.1. The van der Waals surface area contributed by atoms with Gasteiger partial charge in [0.25, 0.3) is 5.91 Å². The summed E-state index contributed by atoms with van der Waals surface area (Å²) in [5.74, 6) is 0.539. The fraction of sp³-hybridized carbons (Fsp3) is 0.357. The van der Waals surface area contributed by atoms with Crippen LogP contribution in [0.15, 0.2) is 55.0 Å². The van der Waals surface area contributed by atoms with Gasteiger partial charge >= 0.3 is 0 Å². The van der Waals surface area contributed by atoms with E-state index in [0.717, 1.165) is 92.2 Å². The number of nitrogens with zero attached hydrogens (tertiary/aromatic N) is 5. The SMILES string of the molecule is O=C(Nc1ccc(N2CCC(O)CC2)nc1)c1n[nH]c2ccc(-c3cncc(CN4CCOCC4)c3)cc12. The summed E-state index contributed by atoms with van der Waals surface area (Å²) in [6, 6.07) is 11.8. The number of hydrogen-bond donors (Lipinski definition) is 3. The molecule has 196 valence electrons. The molecule has 5 heterocycles. The summed E-state index contributed by atoms with van der Waals surface area (Å²) in [6.45, 7) is 5.74. The lowest BCUT2D eigenvalue weighted by atomic mass is 10.0. The molecule has 0 spiro atoms. The normalized spacial score (nSPS) is 17.1. The van der Waals surface area contributed by atoms with Gasteiger partial charge in [-0.2, -0.15) is 5.10 Å². The van der Waals surface area contributed by atoms with Gasteiger partial charge in [0.2, 0.25) is 0 Å². The van der Waals surface area contributed by atoms with E-state index in [1.54, 1.807) is 6.20 Å². The van der Waals surface area contributed by atoms with Crippen molar-refractivity contribution >= 4 is 28.3 Å². The Hall–Kier alpha value is -3.86. The van der Waals surface area contributed by atoms with Gasteiger partial charge in [-0.1, -0.05) is 6.07 Å². The third-order valence-corrected chi connectivity index (χ3v) is 7.21. The molecule has 0 bridgehead atoms. The molecule has 1 aromatic carbocycles. The number of aliphatic hydroxyl groups is 1. The lowest BCUT2D eigenvalue weighted by molar-refractivity contribution is 0.0341. The van der Waals surface area contributed by atoms with Crippen molar-refractivity contribution in [2.45, 2.75) is 25.5 Å². The Morgan fingerprint density at radius 3 is 2.66 bits per heavy atom. The number of hydrogen-bond acceptors (Lipinski definition) is 8. The minimum atomic E-state index is -0.303. The van der Waals surface area contributed by atoms with Gasteiger partial charge in [0, 0.05) is 56.1 Å². The van der Waals surface area contributed by atoms with Crippen molar-refractivity contribution in [3.63, 3.8) is 0 Å². The molecule has 4 aromatic rings. The van der Waals surface area contributed by atoms with E-state index >= 15 is 0 Å². The molecule has 0 atom stereocenters. The van der Waals surface area contributed by atoms with Crippen LogP contribution < -0.4 is 10.2 Å². The highest BCUT2D eigenvalue weighted by Gasteiger charge is 2.19. The monoisotopic (exact) mass is 513 g/mol. The molecule has 6 rings (SSSR count). The number of carbonyl (C=O) groups is 1. The van der Waals surface area contributed by atoms with Gasteiger partial charge in [-0.25, -0.2) is 4.98 Å². The van der Waals surface area contributed by atoms with Crippen molar-refractivity contribution in [2.24, 2.45) is 0 Å². The number of nitrogens with one attached hydrogen (secondary N) is 2. The Morgan fingerprint density at radius 2 is 1.87 bits per heavy atom. The summed E-state index contributed by atoms with van der Waals surface area (Å²) in [5, 5.41) is 20.7. The molecule has 2 fully saturated rings. The summed E-state index contributed by atoms with van der Waals surface area (Å²) >= 11 is 0. The number of aliphatic hydroxyl groups excluding tert-OH is 1. The van der Waals surface area contributed by atoms with Crippen molar-refractivity contribution < 1.29 is 14.6 Å². The number of H-pyrrole nitrogens is 1. The van der Waals surface area contributed by atoms with Gasteiger partial charge in [-0.3, -0.25) is 19.8 Å². The number of amides is 1. The van der Waals surface area contributed by atoms with Gasteiger partial charge in [0.05, 0.1) is 36.7 Å². The Balaban J connectivity index is 1.17. The fourth-order valence-corrected chi connectivity index (χ4v) is 5.05. The van der Waals surface area contributed by atoms with Crippen LogP contribution in [0.25, 0.3) is 22.0 Å². The number of fused-ring (bicyclic) bond motifs is 1. The van der Waals surface area contributed by atoms with E-state index in [1.807, 2.05) is 42.7 Å². The van der Waals surface area contributed by atoms with Crippen LogP contribution >= 0.6 is 0 Å². The van der Waals surface area contributed by atoms with E-state index in [2.05, 4.69) is 41.3 Å². The van der Waals surface area contributed by atoms with E-state index in [4.69, 9.17) is 4.74 Å². The summed E-state index contributed by atoms with van der Waals surface area (Å²) in [5.41, 5.74) is 4.83. The number of morpholine rings is 1. The number of carbonyl (C=O) groups excluding carboxylic acids is 1. The Labute approximate surface area is 220 Å². The first-order valence-electron chi connectivity index (χ1n) is 13.1. The second-order valence-electron chi connectivity index (χ2n) is 9.88. The van der Waals surface area contributed by atoms with Crippen LogP contribution in [0.3, 0.4) is 0 Å². The topological polar surface area (TPSA) is 120 Å². The number of ether oxygens (including phenoxy) is 1. The van der Waals surface area contributed by atoms with Gasteiger partial charge in [0.1, 0.15) is 5.82 Å². The second kappa shape index (κ2) is 10.9. The van der Waals surface area contributed by atoms with Crippen molar-refractivity contribution in [3.8, 4) is 11.1 Å². The summed E-state index contributed by atoms with van der Waals surface area (Å²) in [6.07, 6.45) is 6.65. The molecule has 3 aromatic heterocycles. The van der Waals surface area contributed by atoms with Crippen LogP contribution in [0.1, 0.15) is 28.9 Å². The number of pyridine rings is 2. The van der Waals surface area contributed by atoms with E-state index < -0.39 is 0 Å². The first-order chi connectivity index (χ1) is 18.6. The maximum atomic E-state index is 13.1. The molecule has 3 N–H and O–H groups in total. The molecule has 0 saturated carbocycles. The molecular weight excluding hydrogens is 482 g/mol. The maximum absolute atomic E-state index is 13.1. The molecule has 2 saturated heterocycles. The lowest BCUT2D eigenvalue weighted by Gasteiger charge is -2.30. The average Bonchev–Trinajstić information content (AvgIpc) is 3.38. The largest absolute Gasteiger partial charge is 0.393 e. The van der Waals surface area contributed by atoms with Gasteiger partial charge in [-0.05, 0) is 54.3 Å². The van der Waals surface area contributed by atoms with Gasteiger partial charge < -0.3 is 20.1 Å². The van der Waals surface area contributed by atoms with Gasteiger partial charge in [-0.15, -0.1) is 0 Å². The molecule has 2 aliphatic rings. The number of anilines is 2. The van der Waals surface area contributed by atoms with E-state index in [0.29, 0.717) is 11.4 Å². The quantitative estimate of drug-likeness (QED) is 0.360. The highest BCUT2D eigenvalue weighted by atomic mass is 16.5. The highest BCUT2D eigenvalue weighted by Crippen LogP contribution is 2.27. The van der Waals surface area contributed by atoms with Crippen LogP contribution in [-0.4, -0.2) is 81.6 Å². The summed E-state index contributed by atoms with van der Waals surface area (Å²) < 4.78 is 5.45. The average molecular weight is 514 g/mol. The number of aromatic nitrogens is 4. The summed E-state index contributed by atoms with van der Waals surface area (Å²) in [4.78, 5) is 26.6. The molecule has 10 heteroatoms. The molecule has 0 radical (unpaired) electrons. The summed E-state index contributed by atoms with van der Waals surface area (Å²) in [7, 11) is 0. The van der Waals surface area contributed by atoms with Crippen LogP contribution in [0.4, 0.5) is 11.5 Å². The second-order valence-corrected chi connectivity index (χ2v) is 9.88. The van der Waals surface area contributed by atoms with Crippen LogP contribution in [-0.2, 0) is 11.3 Å². The van der Waals surface area contributed by atoms with E-state index in [9.17, 15) is 9.90 Å². The zero-order chi connectivity index (χ0) is 25.9. The molecule has 10 nitrogen and oxygen atoms in total. The lowest BCUT2D eigenvalue weighted by Crippen LogP contribution is -2.36. The first kappa shape index (κ1) is 24.5. The zero-order valence-electron chi connectivity index (χ0n) is 21.1. The predicted octanol–water partition coefficient (Wildman–Crippen LogP) is 3.07. The van der Waals surface area contributed by atoms with Crippen molar-refractivity contribution in [1.82, 2.24) is 25.1 Å². The molecular formula is C28H31N7O3. The Kier molecular flexibility index (Phi) is 7.00. The predicted molar refractivity (Wildman–Crippen MR) is 145 cm³/mol.